The second-order valence-corrected chi connectivity index (χ2v) is 4.62. The van der Waals surface area contributed by atoms with E-state index in [1.165, 1.54) is 0 Å². The lowest BCUT2D eigenvalue weighted by atomic mass is 9.89. The smallest absolute Gasteiger partial charge is 0.126 e. The summed E-state index contributed by atoms with van der Waals surface area (Å²) in [4.78, 5) is 4.06. The van der Waals surface area contributed by atoms with Crippen molar-refractivity contribution in [2.24, 2.45) is 5.73 Å². The van der Waals surface area contributed by atoms with Crippen LogP contribution in [0.4, 0.5) is 5.82 Å². The molecule has 1 fully saturated rings. The van der Waals surface area contributed by atoms with E-state index in [4.69, 9.17) is 16.2 Å². The third kappa shape index (κ3) is 2.18. The summed E-state index contributed by atoms with van der Waals surface area (Å²) in [5, 5.41) is 0. The maximum absolute atomic E-state index is 6.21. The average Bonchev–Trinajstić information content (AvgIpc) is 2.70. The molecular formula is C12H19N3O. The van der Waals surface area contributed by atoms with Gasteiger partial charge in [-0.15, -0.1) is 0 Å². The normalized spacial score (nSPS) is 26.9. The molecule has 1 aliphatic rings. The number of rotatable bonds is 3. The van der Waals surface area contributed by atoms with Crippen molar-refractivity contribution >= 4 is 5.82 Å². The molecule has 0 bridgehead atoms. The van der Waals surface area contributed by atoms with Gasteiger partial charge in [0.05, 0.1) is 5.60 Å². The molecule has 2 rings (SSSR count). The Bertz CT molecular complexity index is 361. The fourth-order valence-corrected chi connectivity index (χ4v) is 2.17. The van der Waals surface area contributed by atoms with Crippen molar-refractivity contribution in [1.29, 1.82) is 0 Å². The Kier molecular flexibility index (Phi) is 3.12. The zero-order chi connectivity index (χ0) is 11.6. The maximum atomic E-state index is 6.21. The van der Waals surface area contributed by atoms with Crippen LogP contribution in [-0.2, 0) is 11.2 Å². The lowest BCUT2D eigenvalue weighted by Gasteiger charge is -2.30. The van der Waals surface area contributed by atoms with Gasteiger partial charge in [0, 0.05) is 18.8 Å². The molecule has 0 aromatic carbocycles. The molecule has 2 heterocycles. The Morgan fingerprint density at radius 3 is 3.06 bits per heavy atom. The van der Waals surface area contributed by atoms with Crippen molar-refractivity contribution in [3.63, 3.8) is 0 Å². The zero-order valence-corrected chi connectivity index (χ0v) is 9.65. The summed E-state index contributed by atoms with van der Waals surface area (Å²) in [7, 11) is 0. The minimum atomic E-state index is -0.206. The topological polar surface area (TPSA) is 74.2 Å². The molecule has 0 aliphatic carbocycles. The molecule has 0 radical (unpaired) electrons. The molecule has 1 saturated heterocycles. The van der Waals surface area contributed by atoms with Gasteiger partial charge < -0.3 is 16.2 Å². The molecule has 1 aromatic rings. The third-order valence-electron chi connectivity index (χ3n) is 3.40. The molecule has 2 unspecified atom stereocenters. The van der Waals surface area contributed by atoms with Crippen LogP contribution in [0.25, 0.3) is 0 Å². The van der Waals surface area contributed by atoms with Crippen LogP contribution in [0.1, 0.15) is 25.3 Å². The van der Waals surface area contributed by atoms with E-state index in [9.17, 15) is 0 Å². The van der Waals surface area contributed by atoms with Gasteiger partial charge in [-0.2, -0.15) is 0 Å². The predicted molar refractivity (Wildman–Crippen MR) is 63.9 cm³/mol. The van der Waals surface area contributed by atoms with Gasteiger partial charge in [-0.3, -0.25) is 0 Å². The largest absolute Gasteiger partial charge is 0.383 e. The van der Waals surface area contributed by atoms with Crippen LogP contribution >= 0.6 is 0 Å². The number of anilines is 1. The Hall–Kier alpha value is -1.13. The molecule has 1 aliphatic heterocycles. The molecule has 16 heavy (non-hydrogen) atoms. The van der Waals surface area contributed by atoms with Crippen LogP contribution in [0.3, 0.4) is 0 Å². The number of ether oxygens (including phenoxy) is 1. The number of pyridine rings is 1. The molecule has 4 N–H and O–H groups in total. The number of hydrogen-bond acceptors (Lipinski definition) is 4. The second kappa shape index (κ2) is 4.39. The number of hydrogen-bond donors (Lipinski definition) is 2. The van der Waals surface area contributed by atoms with Crippen LogP contribution in [0.5, 0.6) is 0 Å². The Morgan fingerprint density at radius 2 is 2.44 bits per heavy atom. The summed E-state index contributed by atoms with van der Waals surface area (Å²) in [6, 6.07) is 3.83. The Labute approximate surface area is 96.0 Å². The molecule has 0 amide bonds. The number of aromatic nitrogens is 1. The Balaban J connectivity index is 2.07. The van der Waals surface area contributed by atoms with Gasteiger partial charge in [0.1, 0.15) is 5.82 Å². The highest BCUT2D eigenvalue weighted by Gasteiger charge is 2.36. The summed E-state index contributed by atoms with van der Waals surface area (Å²) in [6.07, 6.45) is 4.52. The summed E-state index contributed by atoms with van der Waals surface area (Å²) in [6.45, 7) is 2.89. The minimum absolute atomic E-state index is 0.0264. The molecule has 1 aromatic heterocycles. The fourth-order valence-electron chi connectivity index (χ4n) is 2.17. The monoisotopic (exact) mass is 221 g/mol. The Morgan fingerprint density at radius 1 is 1.62 bits per heavy atom. The van der Waals surface area contributed by atoms with Gasteiger partial charge in [0.15, 0.2) is 0 Å². The SMILES string of the molecule is CC1(C(N)Cc2cccnc2N)CCCO1. The van der Waals surface area contributed by atoms with Crippen LogP contribution in [0.2, 0.25) is 0 Å². The molecule has 4 heteroatoms. The summed E-state index contributed by atoms with van der Waals surface area (Å²) in [5.41, 5.74) is 12.8. The van der Waals surface area contributed by atoms with Crippen molar-refractivity contribution in [3.05, 3.63) is 23.9 Å². The van der Waals surface area contributed by atoms with E-state index in [0.717, 1.165) is 31.4 Å². The van der Waals surface area contributed by atoms with Crippen molar-refractivity contribution < 1.29 is 4.74 Å². The number of nitrogens with zero attached hydrogens (tertiary/aromatic N) is 1. The molecule has 0 saturated carbocycles. The fraction of sp³-hybridized carbons (Fsp3) is 0.583. The van der Waals surface area contributed by atoms with Crippen molar-refractivity contribution in [2.45, 2.75) is 37.8 Å². The average molecular weight is 221 g/mol. The summed E-state index contributed by atoms with van der Waals surface area (Å²) < 4.78 is 5.73. The quantitative estimate of drug-likeness (QED) is 0.801. The van der Waals surface area contributed by atoms with Crippen LogP contribution < -0.4 is 11.5 Å². The highest BCUT2D eigenvalue weighted by Crippen LogP contribution is 2.29. The van der Waals surface area contributed by atoms with Gasteiger partial charge in [-0.25, -0.2) is 4.98 Å². The summed E-state index contributed by atoms with van der Waals surface area (Å²) >= 11 is 0. The molecular weight excluding hydrogens is 202 g/mol. The first-order chi connectivity index (χ1) is 7.62. The van der Waals surface area contributed by atoms with Crippen LogP contribution in [0.15, 0.2) is 18.3 Å². The predicted octanol–water partition coefficient (Wildman–Crippen LogP) is 1.10. The molecule has 2 atom stereocenters. The van der Waals surface area contributed by atoms with Crippen molar-refractivity contribution in [3.8, 4) is 0 Å². The van der Waals surface area contributed by atoms with E-state index >= 15 is 0 Å². The third-order valence-corrected chi connectivity index (χ3v) is 3.40. The van der Waals surface area contributed by atoms with Crippen LogP contribution in [-0.4, -0.2) is 23.2 Å². The lowest BCUT2D eigenvalue weighted by molar-refractivity contribution is -0.000875. The maximum Gasteiger partial charge on any atom is 0.126 e. The van der Waals surface area contributed by atoms with E-state index < -0.39 is 0 Å². The van der Waals surface area contributed by atoms with Gasteiger partial charge in [-0.05, 0) is 37.8 Å². The zero-order valence-electron chi connectivity index (χ0n) is 9.65. The van der Waals surface area contributed by atoms with Gasteiger partial charge in [0.25, 0.3) is 0 Å². The number of nitrogens with two attached hydrogens (primary N) is 2. The van der Waals surface area contributed by atoms with E-state index in [1.54, 1.807) is 6.20 Å². The van der Waals surface area contributed by atoms with E-state index in [1.807, 2.05) is 12.1 Å². The van der Waals surface area contributed by atoms with Crippen molar-refractivity contribution in [1.82, 2.24) is 4.98 Å². The highest BCUT2D eigenvalue weighted by atomic mass is 16.5. The van der Waals surface area contributed by atoms with Crippen molar-refractivity contribution in [2.75, 3.05) is 12.3 Å². The minimum Gasteiger partial charge on any atom is -0.383 e. The van der Waals surface area contributed by atoms with Gasteiger partial charge >= 0.3 is 0 Å². The first kappa shape index (κ1) is 11.4. The van der Waals surface area contributed by atoms with Crippen LogP contribution in [0, 0.1) is 0 Å². The standard InChI is InChI=1S/C12H19N3O/c1-12(5-3-7-16-12)10(13)8-9-4-2-6-15-11(9)14/h2,4,6,10H,3,5,7-8,13H2,1H3,(H2,14,15). The highest BCUT2D eigenvalue weighted by molar-refractivity contribution is 5.39. The summed E-state index contributed by atoms with van der Waals surface area (Å²) in [5.74, 6) is 0.569. The first-order valence-electron chi connectivity index (χ1n) is 5.71. The second-order valence-electron chi connectivity index (χ2n) is 4.62. The first-order valence-corrected chi connectivity index (χ1v) is 5.71. The van der Waals surface area contributed by atoms with E-state index in [2.05, 4.69) is 11.9 Å². The lowest BCUT2D eigenvalue weighted by Crippen LogP contribution is -2.46. The molecule has 88 valence electrons. The number of nitrogen functional groups attached to an aromatic ring is 1. The van der Waals surface area contributed by atoms with E-state index in [-0.39, 0.29) is 11.6 Å². The van der Waals surface area contributed by atoms with E-state index in [0.29, 0.717) is 5.82 Å². The van der Waals surface area contributed by atoms with Gasteiger partial charge in [0.2, 0.25) is 0 Å². The molecule has 0 spiro atoms. The molecule has 4 nitrogen and oxygen atoms in total. The van der Waals surface area contributed by atoms with Gasteiger partial charge in [-0.1, -0.05) is 6.07 Å².